The molecule has 14 heavy (non-hydrogen) atoms. The van der Waals surface area contributed by atoms with Gasteiger partial charge in [0.1, 0.15) is 0 Å². The summed E-state index contributed by atoms with van der Waals surface area (Å²) in [5, 5.41) is 12.5. The topological polar surface area (TPSA) is 35.5 Å². The number of aliphatic hydroxyl groups is 1. The molecule has 0 aromatic carbocycles. The van der Waals surface area contributed by atoms with E-state index in [0.717, 1.165) is 19.5 Å². The van der Waals surface area contributed by atoms with Gasteiger partial charge in [-0.15, -0.1) is 0 Å². The number of nitrogens with one attached hydrogen (secondary N) is 1. The molecule has 1 aliphatic rings. The van der Waals surface area contributed by atoms with Crippen LogP contribution < -0.4 is 5.32 Å². The zero-order valence-corrected chi connectivity index (χ0v) is 9.50. The van der Waals surface area contributed by atoms with Crippen LogP contribution in [0.5, 0.6) is 0 Å². The Kier molecular flexibility index (Phi) is 5.45. The van der Waals surface area contributed by atoms with Crippen LogP contribution in [0.15, 0.2) is 0 Å². The molecule has 2 unspecified atom stereocenters. The van der Waals surface area contributed by atoms with Crippen molar-refractivity contribution >= 4 is 0 Å². The molecule has 1 aliphatic heterocycles. The maximum Gasteiger partial charge on any atom is 0.0524 e. The zero-order chi connectivity index (χ0) is 10.4. The van der Waals surface area contributed by atoms with Crippen molar-refractivity contribution in [1.82, 2.24) is 10.2 Å². The molecule has 0 aliphatic carbocycles. The first kappa shape index (κ1) is 12.0. The number of hydrogen-bond donors (Lipinski definition) is 2. The summed E-state index contributed by atoms with van der Waals surface area (Å²) >= 11 is 0. The Labute approximate surface area is 87.5 Å². The standard InChI is InChI=1S/C11H24N2O/c1-10(12-6-5-11(2)14)9-13-7-3-4-8-13/h10-12,14H,3-9H2,1-2H3. The summed E-state index contributed by atoms with van der Waals surface area (Å²) in [4.78, 5) is 2.51. The van der Waals surface area contributed by atoms with Gasteiger partial charge in [0.05, 0.1) is 6.10 Å². The van der Waals surface area contributed by atoms with E-state index in [1.165, 1.54) is 25.9 Å². The summed E-state index contributed by atoms with van der Waals surface area (Å²) in [6.45, 7) is 8.67. The molecule has 0 spiro atoms. The molecule has 0 aromatic heterocycles. The molecule has 2 N–H and O–H groups in total. The van der Waals surface area contributed by atoms with E-state index in [9.17, 15) is 0 Å². The lowest BCUT2D eigenvalue weighted by atomic mass is 10.2. The summed E-state index contributed by atoms with van der Waals surface area (Å²) in [7, 11) is 0. The summed E-state index contributed by atoms with van der Waals surface area (Å²) in [6, 6.07) is 0.548. The minimum atomic E-state index is -0.179. The molecule has 1 saturated heterocycles. The van der Waals surface area contributed by atoms with Crippen LogP contribution in [-0.4, -0.2) is 48.3 Å². The van der Waals surface area contributed by atoms with E-state index in [2.05, 4.69) is 17.1 Å². The van der Waals surface area contributed by atoms with Crippen molar-refractivity contribution in [3.8, 4) is 0 Å². The maximum absolute atomic E-state index is 9.10. The highest BCUT2D eigenvalue weighted by atomic mass is 16.3. The van der Waals surface area contributed by atoms with E-state index >= 15 is 0 Å². The average molecular weight is 200 g/mol. The summed E-state index contributed by atoms with van der Waals surface area (Å²) in [6.07, 6.45) is 3.40. The lowest BCUT2D eigenvalue weighted by Crippen LogP contribution is -2.38. The second-order valence-electron chi connectivity index (χ2n) is 4.50. The third kappa shape index (κ3) is 4.94. The van der Waals surface area contributed by atoms with Gasteiger partial charge in [0, 0.05) is 12.6 Å². The molecule has 0 amide bonds. The Morgan fingerprint density at radius 2 is 1.93 bits per heavy atom. The van der Waals surface area contributed by atoms with Crippen molar-refractivity contribution in [3.05, 3.63) is 0 Å². The van der Waals surface area contributed by atoms with Gasteiger partial charge in [-0.25, -0.2) is 0 Å². The van der Waals surface area contributed by atoms with Crippen LogP contribution in [0.2, 0.25) is 0 Å². The van der Waals surface area contributed by atoms with Gasteiger partial charge in [-0.1, -0.05) is 0 Å². The number of likely N-dealkylation sites (tertiary alicyclic amines) is 1. The van der Waals surface area contributed by atoms with E-state index < -0.39 is 0 Å². The predicted molar refractivity (Wildman–Crippen MR) is 59.4 cm³/mol. The van der Waals surface area contributed by atoms with Crippen molar-refractivity contribution in [1.29, 1.82) is 0 Å². The molecule has 0 bridgehead atoms. The Bertz CT molecular complexity index is 144. The third-order valence-corrected chi connectivity index (χ3v) is 2.79. The molecule has 1 fully saturated rings. The number of hydrogen-bond acceptors (Lipinski definition) is 3. The highest BCUT2D eigenvalue weighted by Gasteiger charge is 2.13. The first-order valence-electron chi connectivity index (χ1n) is 5.82. The average Bonchev–Trinajstić information content (AvgIpc) is 2.56. The van der Waals surface area contributed by atoms with Crippen LogP contribution in [0, 0.1) is 0 Å². The lowest BCUT2D eigenvalue weighted by Gasteiger charge is -2.21. The van der Waals surface area contributed by atoms with Gasteiger partial charge in [-0.3, -0.25) is 0 Å². The second kappa shape index (κ2) is 6.38. The zero-order valence-electron chi connectivity index (χ0n) is 9.50. The molecule has 3 heteroatoms. The maximum atomic E-state index is 9.10. The van der Waals surface area contributed by atoms with Gasteiger partial charge in [0.15, 0.2) is 0 Å². The minimum Gasteiger partial charge on any atom is -0.393 e. The lowest BCUT2D eigenvalue weighted by molar-refractivity contribution is 0.181. The molecular weight excluding hydrogens is 176 g/mol. The fraction of sp³-hybridized carbons (Fsp3) is 1.00. The quantitative estimate of drug-likeness (QED) is 0.667. The molecule has 1 heterocycles. The van der Waals surface area contributed by atoms with Gasteiger partial charge in [0.25, 0.3) is 0 Å². The van der Waals surface area contributed by atoms with E-state index in [4.69, 9.17) is 5.11 Å². The van der Waals surface area contributed by atoms with E-state index in [1.54, 1.807) is 0 Å². The molecule has 3 nitrogen and oxygen atoms in total. The molecule has 2 atom stereocenters. The summed E-state index contributed by atoms with van der Waals surface area (Å²) < 4.78 is 0. The van der Waals surface area contributed by atoms with Crippen molar-refractivity contribution in [2.24, 2.45) is 0 Å². The molecular formula is C11H24N2O. The van der Waals surface area contributed by atoms with E-state index in [-0.39, 0.29) is 6.10 Å². The first-order valence-corrected chi connectivity index (χ1v) is 5.82. The third-order valence-electron chi connectivity index (χ3n) is 2.79. The summed E-state index contributed by atoms with van der Waals surface area (Å²) in [5.41, 5.74) is 0. The normalized spacial score (nSPS) is 22.5. The van der Waals surface area contributed by atoms with Gasteiger partial charge in [-0.05, 0) is 52.7 Å². The Hall–Kier alpha value is -0.120. The van der Waals surface area contributed by atoms with Gasteiger partial charge < -0.3 is 15.3 Å². The number of nitrogens with zero attached hydrogens (tertiary/aromatic N) is 1. The van der Waals surface area contributed by atoms with Crippen LogP contribution in [0.25, 0.3) is 0 Å². The smallest absolute Gasteiger partial charge is 0.0524 e. The highest BCUT2D eigenvalue weighted by molar-refractivity contribution is 4.72. The molecule has 84 valence electrons. The fourth-order valence-electron chi connectivity index (χ4n) is 1.96. The monoisotopic (exact) mass is 200 g/mol. The first-order chi connectivity index (χ1) is 6.68. The minimum absolute atomic E-state index is 0.179. The van der Waals surface area contributed by atoms with Crippen LogP contribution in [-0.2, 0) is 0 Å². The van der Waals surface area contributed by atoms with Gasteiger partial charge in [0.2, 0.25) is 0 Å². The van der Waals surface area contributed by atoms with Crippen LogP contribution in [0.1, 0.15) is 33.1 Å². The van der Waals surface area contributed by atoms with Crippen molar-refractivity contribution < 1.29 is 5.11 Å². The van der Waals surface area contributed by atoms with Crippen LogP contribution in [0.3, 0.4) is 0 Å². The van der Waals surface area contributed by atoms with Crippen molar-refractivity contribution in [2.45, 2.75) is 45.3 Å². The summed E-state index contributed by atoms with van der Waals surface area (Å²) in [5.74, 6) is 0. The number of aliphatic hydroxyl groups excluding tert-OH is 1. The molecule has 0 saturated carbocycles. The van der Waals surface area contributed by atoms with Crippen LogP contribution in [0.4, 0.5) is 0 Å². The second-order valence-corrected chi connectivity index (χ2v) is 4.50. The van der Waals surface area contributed by atoms with Gasteiger partial charge in [-0.2, -0.15) is 0 Å². The molecule has 0 radical (unpaired) electrons. The highest BCUT2D eigenvalue weighted by Crippen LogP contribution is 2.07. The van der Waals surface area contributed by atoms with Crippen molar-refractivity contribution in [3.63, 3.8) is 0 Å². The van der Waals surface area contributed by atoms with E-state index in [0.29, 0.717) is 6.04 Å². The Balaban J connectivity index is 2.00. The molecule has 0 aromatic rings. The number of rotatable bonds is 6. The Morgan fingerprint density at radius 1 is 1.29 bits per heavy atom. The predicted octanol–water partition coefficient (Wildman–Crippen LogP) is 0.831. The molecule has 1 rings (SSSR count). The van der Waals surface area contributed by atoms with Crippen molar-refractivity contribution in [2.75, 3.05) is 26.2 Å². The van der Waals surface area contributed by atoms with E-state index in [1.807, 2.05) is 6.92 Å². The fourth-order valence-corrected chi connectivity index (χ4v) is 1.96. The van der Waals surface area contributed by atoms with Crippen LogP contribution >= 0.6 is 0 Å². The largest absolute Gasteiger partial charge is 0.393 e. The Morgan fingerprint density at radius 3 is 2.50 bits per heavy atom. The SMILES string of the molecule is CC(O)CCNC(C)CN1CCCC1. The van der Waals surface area contributed by atoms with Gasteiger partial charge >= 0.3 is 0 Å².